The van der Waals surface area contributed by atoms with Crippen LogP contribution in [0.25, 0.3) is 9.44 Å². The maximum atomic E-state index is 11.7. The monoisotopic (exact) mass is 540 g/mol. The molecule has 2 heterocycles. The number of hydrogen-bond acceptors (Lipinski definition) is 10. The Labute approximate surface area is 202 Å². The van der Waals surface area contributed by atoms with Gasteiger partial charge in [0.15, 0.2) is 0 Å². The molecule has 0 aliphatic carbocycles. The van der Waals surface area contributed by atoms with E-state index in [4.69, 9.17) is 11.5 Å². The van der Waals surface area contributed by atoms with E-state index in [1.807, 2.05) is 0 Å². The van der Waals surface area contributed by atoms with E-state index in [1.165, 1.54) is 73.2 Å². The summed E-state index contributed by atoms with van der Waals surface area (Å²) in [6.45, 7) is 0. The Bertz CT molecular complexity index is 1240. The van der Waals surface area contributed by atoms with Crippen LogP contribution in [0, 0.1) is 0 Å². The van der Waals surface area contributed by atoms with Gasteiger partial charge in [-0.2, -0.15) is 0 Å². The van der Waals surface area contributed by atoms with Crippen molar-refractivity contribution >= 4 is 43.1 Å². The van der Waals surface area contributed by atoms with Crippen LogP contribution in [-0.2, 0) is 39.5 Å². The molecule has 0 spiro atoms. The van der Waals surface area contributed by atoms with Crippen molar-refractivity contribution < 1.29 is 45.4 Å². The van der Waals surface area contributed by atoms with Crippen LogP contribution < -0.4 is 11.5 Å². The molecule has 2 aromatic carbocycles. The van der Waals surface area contributed by atoms with E-state index in [0.717, 1.165) is 0 Å². The zero-order valence-corrected chi connectivity index (χ0v) is 21.4. The Morgan fingerprint density at radius 3 is 1.21 bits per heavy atom. The summed E-state index contributed by atoms with van der Waals surface area (Å²) >= 11 is 0. The van der Waals surface area contributed by atoms with Gasteiger partial charge in [0, 0.05) is 11.4 Å². The number of sulfonamides is 2. The fraction of sp³-hybridized carbons (Fsp3) is 0. The molecule has 0 fully saturated rings. The van der Waals surface area contributed by atoms with Crippen molar-refractivity contribution in [1.82, 2.24) is 10.3 Å². The molecule has 0 amide bonds. The van der Waals surface area contributed by atoms with E-state index in [-0.39, 0.29) is 40.9 Å². The largest absolute Gasteiger partial charge is 2.00 e. The zero-order chi connectivity index (χ0) is 23.2. The van der Waals surface area contributed by atoms with Gasteiger partial charge < -0.3 is 30.0 Å². The van der Waals surface area contributed by atoms with Gasteiger partial charge in [0.2, 0.25) is 20.0 Å². The maximum absolute atomic E-state index is 11.7. The van der Waals surface area contributed by atoms with Crippen molar-refractivity contribution in [3.63, 3.8) is 0 Å². The quantitative estimate of drug-likeness (QED) is 0.269. The molecule has 12 nitrogen and oxygen atoms in total. The minimum atomic E-state index is -3.75. The van der Waals surface area contributed by atoms with Crippen LogP contribution in [-0.4, -0.2) is 27.1 Å². The Hall–Kier alpha value is -3.42. The van der Waals surface area contributed by atoms with Gasteiger partial charge in [-0.15, -0.1) is 0 Å². The first-order valence-corrected chi connectivity index (χ1v) is 11.5. The summed E-state index contributed by atoms with van der Waals surface area (Å²) in [5.41, 5.74) is 11.9. The number of aromatic nitrogens is 2. The zero-order valence-electron chi connectivity index (χ0n) is 16.8. The molecule has 2 aromatic heterocycles. The smallest absolute Gasteiger partial charge is 0.463 e. The predicted molar refractivity (Wildman–Crippen MR) is 115 cm³/mol. The first-order valence-electron chi connectivity index (χ1n) is 8.64. The number of nitrogens with two attached hydrogens (primary N) is 2. The van der Waals surface area contributed by atoms with Gasteiger partial charge in [-0.3, -0.25) is 10.3 Å². The van der Waals surface area contributed by atoms with Gasteiger partial charge in [0.05, 0.1) is 22.3 Å². The molecule has 0 aliphatic rings. The van der Waals surface area contributed by atoms with Gasteiger partial charge in [0.25, 0.3) is 0 Å². The third kappa shape index (κ3) is 7.31. The van der Waals surface area contributed by atoms with E-state index < -0.39 is 20.0 Å². The second-order valence-electron chi connectivity index (χ2n) is 5.99. The first kappa shape index (κ1) is 25.8. The Morgan fingerprint density at radius 1 is 0.606 bits per heavy atom. The van der Waals surface area contributed by atoms with Crippen molar-refractivity contribution in [3.05, 3.63) is 82.6 Å². The second kappa shape index (κ2) is 10.9. The van der Waals surface area contributed by atoms with E-state index in [2.05, 4.69) is 28.8 Å². The maximum Gasteiger partial charge on any atom is 2.00 e. The fourth-order valence-corrected chi connectivity index (χ4v) is 3.99. The van der Waals surface area contributed by atoms with Crippen molar-refractivity contribution in [2.45, 2.75) is 9.79 Å². The third-order valence-electron chi connectivity index (χ3n) is 3.63. The Kier molecular flexibility index (Phi) is 8.57. The summed E-state index contributed by atoms with van der Waals surface area (Å²) in [4.78, 5) is 0.120. The minimum absolute atomic E-state index is 0. The van der Waals surface area contributed by atoms with Crippen molar-refractivity contribution in [2.75, 3.05) is 11.5 Å². The van der Waals surface area contributed by atoms with E-state index in [1.54, 1.807) is 0 Å². The number of hydrogen-bond donors (Lipinski definition) is 2. The van der Waals surface area contributed by atoms with Gasteiger partial charge in [-0.25, -0.2) is 16.8 Å². The molecule has 0 radical (unpaired) electrons. The number of benzene rings is 2. The average molecular weight is 542 g/mol. The van der Waals surface area contributed by atoms with Crippen LogP contribution in [0.5, 0.6) is 0 Å². The van der Waals surface area contributed by atoms with E-state index in [9.17, 15) is 16.8 Å². The van der Waals surface area contributed by atoms with Gasteiger partial charge >= 0.3 is 19.5 Å². The summed E-state index contributed by atoms with van der Waals surface area (Å²) in [5.74, 6) is 0.0219. The normalized spacial score (nSPS) is 10.9. The third-order valence-corrected chi connectivity index (χ3v) is 6.22. The molecule has 0 atom stereocenters. The van der Waals surface area contributed by atoms with Crippen molar-refractivity contribution in [2.24, 2.45) is 0 Å². The molecule has 4 N–H and O–H groups in total. The molecule has 168 valence electrons. The van der Waals surface area contributed by atoms with Crippen LogP contribution in [0.15, 0.2) is 92.0 Å². The molecule has 0 bridgehead atoms. The number of nitrogen functional groups attached to an aromatic ring is 2. The molecule has 33 heavy (non-hydrogen) atoms. The van der Waals surface area contributed by atoms with Gasteiger partial charge in [0.1, 0.15) is 0 Å². The summed E-state index contributed by atoms with van der Waals surface area (Å²) in [7, 11) is -7.51. The fourth-order valence-electron chi connectivity index (χ4n) is 2.14. The molecule has 0 aliphatic heterocycles. The van der Waals surface area contributed by atoms with Gasteiger partial charge in [-0.1, -0.05) is 0 Å². The van der Waals surface area contributed by atoms with Crippen molar-refractivity contribution in [1.29, 1.82) is 0 Å². The molecular formula is C18H16N6O6S2Zn. The van der Waals surface area contributed by atoms with Crippen LogP contribution in [0.3, 0.4) is 0 Å². The molecule has 0 saturated carbocycles. The molecule has 4 rings (SSSR count). The predicted octanol–water partition coefficient (Wildman–Crippen LogP) is 3.30. The van der Waals surface area contributed by atoms with Crippen LogP contribution in [0.4, 0.5) is 23.0 Å². The Morgan fingerprint density at radius 2 is 0.939 bits per heavy atom. The van der Waals surface area contributed by atoms with E-state index >= 15 is 0 Å². The number of anilines is 2. The summed E-state index contributed by atoms with van der Waals surface area (Å²) in [5, 5.41) is 6.80. The Balaban J connectivity index is 0.000000227. The van der Waals surface area contributed by atoms with Crippen molar-refractivity contribution in [3.8, 4) is 0 Å². The molecule has 4 aromatic rings. The van der Waals surface area contributed by atoms with Crippen LogP contribution in [0.2, 0.25) is 0 Å². The standard InChI is InChI=1S/2C9H8N3O3S.Zn/c2*10-7-1-3-8(4-2-7)16(13,14)12-9-5-6-15-11-9;/h2*1-6H,10H2;/q2*-1;+2. The average Bonchev–Trinajstić information content (AvgIpc) is 3.43. The summed E-state index contributed by atoms with van der Waals surface area (Å²) in [6, 6.07) is 14.2. The SMILES string of the molecule is Nc1ccc(S(=O)(=O)[N-]c2ccon2)cc1.Nc1ccc(S(=O)(=O)[N-]c2ccon2)cc1.[Zn+2]. The number of nitrogens with zero attached hydrogens (tertiary/aromatic N) is 4. The van der Waals surface area contributed by atoms with E-state index in [0.29, 0.717) is 11.4 Å². The molecule has 0 unspecified atom stereocenters. The molecule has 15 heteroatoms. The molecule has 0 saturated heterocycles. The summed E-state index contributed by atoms with van der Waals surface area (Å²) < 4.78 is 62.8. The van der Waals surface area contributed by atoms with Gasteiger partial charge in [-0.05, 0) is 72.3 Å². The van der Waals surface area contributed by atoms with Crippen LogP contribution in [0.1, 0.15) is 0 Å². The summed E-state index contributed by atoms with van der Waals surface area (Å²) in [6.07, 6.45) is 2.49. The first-order chi connectivity index (χ1) is 15.2. The topological polar surface area (TPSA) is 201 Å². The number of rotatable bonds is 6. The minimum Gasteiger partial charge on any atom is -0.463 e. The van der Waals surface area contributed by atoms with Crippen LogP contribution >= 0.6 is 0 Å². The molecular weight excluding hydrogens is 526 g/mol. The second-order valence-corrected chi connectivity index (χ2v) is 9.19.